The summed E-state index contributed by atoms with van der Waals surface area (Å²) in [5, 5.41) is 19.1. The molecule has 0 bridgehead atoms. The van der Waals surface area contributed by atoms with Crippen LogP contribution in [0.15, 0.2) is 60.6 Å². The number of H-pyrrole nitrogens is 1. The Morgan fingerprint density at radius 3 is 2.65 bits per heavy atom. The molecule has 6 nitrogen and oxygen atoms in total. The van der Waals surface area contributed by atoms with Gasteiger partial charge in [-0.15, -0.1) is 0 Å². The van der Waals surface area contributed by atoms with Gasteiger partial charge in [-0.2, -0.15) is 10.4 Å². The Labute approximate surface area is 151 Å². The minimum Gasteiger partial charge on any atom is -0.347 e. The van der Waals surface area contributed by atoms with Crippen LogP contribution in [0.2, 0.25) is 0 Å². The van der Waals surface area contributed by atoms with Gasteiger partial charge in [-0.3, -0.25) is 14.9 Å². The van der Waals surface area contributed by atoms with Crippen LogP contribution in [0.1, 0.15) is 16.7 Å². The molecule has 3 rings (SSSR count). The van der Waals surface area contributed by atoms with E-state index in [9.17, 15) is 10.1 Å². The molecule has 2 N–H and O–H groups in total. The first-order valence-corrected chi connectivity index (χ1v) is 8.06. The van der Waals surface area contributed by atoms with Crippen LogP contribution in [0.5, 0.6) is 0 Å². The highest BCUT2D eigenvalue weighted by atomic mass is 16.1. The SMILES string of the molecule is Cc1ccc(-c2[nH]ncc2/C=C(\C#N)C(=O)NCc2ccncc2)cc1. The van der Waals surface area contributed by atoms with Gasteiger partial charge in [-0.05, 0) is 30.7 Å². The van der Waals surface area contributed by atoms with Gasteiger partial charge in [0.05, 0.1) is 11.9 Å². The Kier molecular flexibility index (Phi) is 5.20. The Hall–Kier alpha value is -3.72. The summed E-state index contributed by atoms with van der Waals surface area (Å²) in [5.41, 5.74) is 4.47. The van der Waals surface area contributed by atoms with E-state index < -0.39 is 5.91 Å². The number of hydrogen-bond donors (Lipinski definition) is 2. The van der Waals surface area contributed by atoms with Crippen LogP contribution in [0, 0.1) is 18.3 Å². The minimum atomic E-state index is -0.430. The van der Waals surface area contributed by atoms with Gasteiger partial charge >= 0.3 is 0 Å². The number of nitriles is 1. The molecular weight excluding hydrogens is 326 g/mol. The lowest BCUT2D eigenvalue weighted by atomic mass is 10.0. The second kappa shape index (κ2) is 7.90. The molecule has 0 aliphatic rings. The molecule has 2 aromatic heterocycles. The van der Waals surface area contributed by atoms with Crippen molar-refractivity contribution in [3.63, 3.8) is 0 Å². The number of hydrogen-bond acceptors (Lipinski definition) is 4. The van der Waals surface area contributed by atoms with Crippen molar-refractivity contribution in [3.8, 4) is 17.3 Å². The maximum atomic E-state index is 12.3. The van der Waals surface area contributed by atoms with Crippen molar-refractivity contribution in [2.75, 3.05) is 0 Å². The summed E-state index contributed by atoms with van der Waals surface area (Å²) >= 11 is 0. The van der Waals surface area contributed by atoms with Gasteiger partial charge in [0.25, 0.3) is 5.91 Å². The number of amides is 1. The van der Waals surface area contributed by atoms with Crippen molar-refractivity contribution in [1.29, 1.82) is 5.26 Å². The van der Waals surface area contributed by atoms with Crippen molar-refractivity contribution in [2.24, 2.45) is 0 Å². The molecule has 128 valence electrons. The first kappa shape index (κ1) is 17.1. The number of benzene rings is 1. The number of aromatic amines is 1. The van der Waals surface area contributed by atoms with Crippen LogP contribution in [-0.2, 0) is 11.3 Å². The Morgan fingerprint density at radius 1 is 1.23 bits per heavy atom. The van der Waals surface area contributed by atoms with E-state index >= 15 is 0 Å². The molecule has 0 aliphatic heterocycles. The zero-order valence-electron chi connectivity index (χ0n) is 14.2. The second-order valence-corrected chi connectivity index (χ2v) is 5.77. The molecule has 26 heavy (non-hydrogen) atoms. The number of carbonyl (C=O) groups is 1. The molecule has 0 saturated carbocycles. The first-order valence-electron chi connectivity index (χ1n) is 8.06. The summed E-state index contributed by atoms with van der Waals surface area (Å²) in [6.45, 7) is 2.34. The fourth-order valence-electron chi connectivity index (χ4n) is 2.44. The fourth-order valence-corrected chi connectivity index (χ4v) is 2.44. The number of nitrogens with one attached hydrogen (secondary N) is 2. The Balaban J connectivity index is 1.79. The van der Waals surface area contributed by atoms with Crippen LogP contribution in [0.25, 0.3) is 17.3 Å². The molecule has 0 fully saturated rings. The van der Waals surface area contributed by atoms with Crippen molar-refractivity contribution < 1.29 is 4.79 Å². The van der Waals surface area contributed by atoms with Gasteiger partial charge in [-0.1, -0.05) is 29.8 Å². The highest BCUT2D eigenvalue weighted by Gasteiger charge is 2.12. The average molecular weight is 343 g/mol. The lowest BCUT2D eigenvalue weighted by Crippen LogP contribution is -2.23. The van der Waals surface area contributed by atoms with E-state index in [2.05, 4.69) is 20.5 Å². The van der Waals surface area contributed by atoms with Crippen molar-refractivity contribution >= 4 is 12.0 Å². The first-order chi connectivity index (χ1) is 12.7. The highest BCUT2D eigenvalue weighted by Crippen LogP contribution is 2.23. The average Bonchev–Trinajstić information content (AvgIpc) is 3.14. The van der Waals surface area contributed by atoms with Gasteiger partial charge < -0.3 is 5.32 Å². The second-order valence-electron chi connectivity index (χ2n) is 5.77. The maximum Gasteiger partial charge on any atom is 0.262 e. The predicted octanol–water partition coefficient (Wildman–Crippen LogP) is 3.00. The van der Waals surface area contributed by atoms with E-state index in [1.807, 2.05) is 49.4 Å². The lowest BCUT2D eigenvalue weighted by molar-refractivity contribution is -0.117. The van der Waals surface area contributed by atoms with Gasteiger partial charge in [0.2, 0.25) is 0 Å². The number of aromatic nitrogens is 3. The molecule has 6 heteroatoms. The summed E-state index contributed by atoms with van der Waals surface area (Å²) in [5.74, 6) is -0.430. The third-order valence-electron chi connectivity index (χ3n) is 3.88. The number of carbonyl (C=O) groups excluding carboxylic acids is 1. The molecule has 0 atom stereocenters. The van der Waals surface area contributed by atoms with Crippen LogP contribution in [0.3, 0.4) is 0 Å². The number of nitrogens with zero attached hydrogens (tertiary/aromatic N) is 3. The van der Waals surface area contributed by atoms with E-state index in [0.29, 0.717) is 12.1 Å². The quantitative estimate of drug-likeness (QED) is 0.550. The van der Waals surface area contributed by atoms with Crippen LogP contribution < -0.4 is 5.32 Å². The smallest absolute Gasteiger partial charge is 0.262 e. The molecule has 0 spiro atoms. The fraction of sp³-hybridized carbons (Fsp3) is 0.100. The molecule has 0 unspecified atom stereocenters. The van der Waals surface area contributed by atoms with Crippen LogP contribution in [-0.4, -0.2) is 21.1 Å². The van der Waals surface area contributed by atoms with Gasteiger partial charge in [0.15, 0.2) is 0 Å². The topological polar surface area (TPSA) is 94.5 Å². The Morgan fingerprint density at radius 2 is 1.96 bits per heavy atom. The standard InChI is InChI=1S/C20H17N5O/c1-14-2-4-16(5-3-14)19-18(13-24-25-19)10-17(11-21)20(26)23-12-15-6-8-22-9-7-15/h2-10,13H,12H2,1H3,(H,23,26)(H,24,25)/b17-10+. The highest BCUT2D eigenvalue weighted by molar-refractivity contribution is 6.02. The predicted molar refractivity (Wildman–Crippen MR) is 98.4 cm³/mol. The lowest BCUT2D eigenvalue weighted by Gasteiger charge is -2.05. The normalized spacial score (nSPS) is 11.0. The molecule has 0 saturated heterocycles. The monoisotopic (exact) mass is 343 g/mol. The van der Waals surface area contributed by atoms with E-state index in [1.54, 1.807) is 24.7 Å². The van der Waals surface area contributed by atoms with Gasteiger partial charge in [0.1, 0.15) is 11.6 Å². The number of aryl methyl sites for hydroxylation is 1. The molecule has 1 amide bonds. The van der Waals surface area contributed by atoms with E-state index in [-0.39, 0.29) is 5.57 Å². The van der Waals surface area contributed by atoms with Crippen molar-refractivity contribution in [1.82, 2.24) is 20.5 Å². The van der Waals surface area contributed by atoms with Crippen molar-refractivity contribution in [3.05, 3.63) is 77.3 Å². The molecule has 1 aromatic carbocycles. The Bertz CT molecular complexity index is 965. The third-order valence-corrected chi connectivity index (χ3v) is 3.88. The molecular formula is C20H17N5O. The molecule has 3 aromatic rings. The zero-order valence-corrected chi connectivity index (χ0v) is 14.2. The third kappa shape index (κ3) is 4.02. The maximum absolute atomic E-state index is 12.3. The molecule has 0 radical (unpaired) electrons. The summed E-state index contributed by atoms with van der Waals surface area (Å²) in [6.07, 6.45) is 6.45. The van der Waals surface area contributed by atoms with Gasteiger partial charge in [0, 0.05) is 30.1 Å². The summed E-state index contributed by atoms with van der Waals surface area (Å²) in [4.78, 5) is 16.2. The van der Waals surface area contributed by atoms with Crippen LogP contribution in [0.4, 0.5) is 0 Å². The van der Waals surface area contributed by atoms with E-state index in [4.69, 9.17) is 0 Å². The number of pyridine rings is 1. The van der Waals surface area contributed by atoms with Gasteiger partial charge in [-0.25, -0.2) is 0 Å². The molecule has 0 aliphatic carbocycles. The number of rotatable bonds is 5. The van der Waals surface area contributed by atoms with E-state index in [1.165, 1.54) is 0 Å². The molecule has 2 heterocycles. The van der Waals surface area contributed by atoms with Crippen molar-refractivity contribution in [2.45, 2.75) is 13.5 Å². The summed E-state index contributed by atoms with van der Waals surface area (Å²) in [7, 11) is 0. The summed E-state index contributed by atoms with van der Waals surface area (Å²) in [6, 6.07) is 13.5. The largest absolute Gasteiger partial charge is 0.347 e. The zero-order chi connectivity index (χ0) is 18.4. The summed E-state index contributed by atoms with van der Waals surface area (Å²) < 4.78 is 0. The minimum absolute atomic E-state index is 0.0221. The van der Waals surface area contributed by atoms with E-state index in [0.717, 1.165) is 22.4 Å². The van der Waals surface area contributed by atoms with Crippen LogP contribution >= 0.6 is 0 Å².